The first-order valence-corrected chi connectivity index (χ1v) is 5.16. The second-order valence-electron chi connectivity index (χ2n) is 2.72. The quantitative estimate of drug-likeness (QED) is 0.649. The summed E-state index contributed by atoms with van der Waals surface area (Å²) in [6, 6.07) is 8.10. The molecule has 1 aromatic rings. The van der Waals surface area contributed by atoms with E-state index in [9.17, 15) is 0 Å². The molecule has 1 heterocycles. The molecule has 0 spiro atoms. The summed E-state index contributed by atoms with van der Waals surface area (Å²) >= 11 is 0. The van der Waals surface area contributed by atoms with Crippen molar-refractivity contribution in [3.63, 3.8) is 0 Å². The van der Waals surface area contributed by atoms with E-state index in [0.29, 0.717) is 13.2 Å². The predicted molar refractivity (Wildman–Crippen MR) is 49.9 cm³/mol. The molecule has 0 radical (unpaired) electrons. The fourth-order valence-corrected chi connectivity index (χ4v) is 2.00. The first-order valence-electron chi connectivity index (χ1n) is 4.07. The van der Waals surface area contributed by atoms with Gasteiger partial charge in [0.1, 0.15) is 0 Å². The Kier molecular flexibility index (Phi) is 2.91. The molecule has 3 nitrogen and oxygen atoms in total. The van der Waals surface area contributed by atoms with Crippen molar-refractivity contribution < 1.29 is 13.6 Å². The van der Waals surface area contributed by atoms with Crippen LogP contribution in [0.1, 0.15) is 11.1 Å². The fourth-order valence-electron chi connectivity index (χ4n) is 1.23. The van der Waals surface area contributed by atoms with Gasteiger partial charge in [-0.15, -0.1) is 0 Å². The van der Waals surface area contributed by atoms with Gasteiger partial charge in [-0.1, -0.05) is 24.3 Å². The largest absolute Gasteiger partial charge is 0.333 e. The molecule has 1 aromatic carbocycles. The summed E-state index contributed by atoms with van der Waals surface area (Å²) in [5, 5.41) is 0. The van der Waals surface area contributed by atoms with Crippen LogP contribution in [0.3, 0.4) is 0 Å². The number of hydrogen-bond acceptors (Lipinski definition) is 3. The highest BCUT2D eigenvalue weighted by Crippen LogP contribution is 2.42. The van der Waals surface area contributed by atoms with Crippen molar-refractivity contribution in [1.82, 2.24) is 0 Å². The molecule has 1 aliphatic rings. The van der Waals surface area contributed by atoms with E-state index in [2.05, 4.69) is 0 Å². The van der Waals surface area contributed by atoms with Gasteiger partial charge in [0.05, 0.1) is 13.2 Å². The van der Waals surface area contributed by atoms with Crippen LogP contribution in [0.25, 0.3) is 0 Å². The molecule has 13 heavy (non-hydrogen) atoms. The number of hydrogen-bond donors (Lipinski definition) is 0. The minimum absolute atomic E-state index is 0.579. The molecule has 0 aromatic heterocycles. The lowest BCUT2D eigenvalue weighted by atomic mass is 10.1. The van der Waals surface area contributed by atoms with Gasteiger partial charge in [0.2, 0.25) is 0 Å². The smallest absolute Gasteiger partial charge is 0.316 e. The van der Waals surface area contributed by atoms with Crippen LogP contribution in [-0.2, 0) is 26.8 Å². The van der Waals surface area contributed by atoms with Gasteiger partial charge in [-0.25, -0.2) is 0 Å². The second-order valence-corrected chi connectivity index (χ2v) is 4.05. The lowest BCUT2D eigenvalue weighted by Gasteiger charge is -2.08. The van der Waals surface area contributed by atoms with Crippen LogP contribution in [0.5, 0.6) is 0 Å². The van der Waals surface area contributed by atoms with Crippen LogP contribution < -0.4 is 0 Å². The standard InChI is InChI=1S/C9H11O3P/c1-10-13-11-6-8-4-2-3-5-9(8)7-12-13/h2-5H,6-7H2,1H3. The molecule has 4 heteroatoms. The average molecular weight is 198 g/mol. The van der Waals surface area contributed by atoms with Gasteiger partial charge in [-0.3, -0.25) is 0 Å². The molecule has 0 fully saturated rings. The van der Waals surface area contributed by atoms with E-state index in [1.807, 2.05) is 24.3 Å². The SMILES string of the molecule is COP1OCc2ccccc2CO1. The topological polar surface area (TPSA) is 27.7 Å². The highest BCUT2D eigenvalue weighted by Gasteiger charge is 2.16. The zero-order valence-electron chi connectivity index (χ0n) is 7.40. The molecule has 0 amide bonds. The van der Waals surface area contributed by atoms with Crippen molar-refractivity contribution in [2.24, 2.45) is 0 Å². The molecule has 0 saturated heterocycles. The van der Waals surface area contributed by atoms with Gasteiger partial charge in [-0.2, -0.15) is 0 Å². The molecule has 0 N–H and O–H groups in total. The van der Waals surface area contributed by atoms with E-state index in [-0.39, 0.29) is 0 Å². The van der Waals surface area contributed by atoms with Crippen molar-refractivity contribution >= 4 is 8.60 Å². The lowest BCUT2D eigenvalue weighted by molar-refractivity contribution is 0.182. The van der Waals surface area contributed by atoms with Gasteiger partial charge in [-0.05, 0) is 11.1 Å². The van der Waals surface area contributed by atoms with Gasteiger partial charge >= 0.3 is 8.60 Å². The molecule has 0 unspecified atom stereocenters. The Labute approximate surface area is 78.6 Å². The molecular weight excluding hydrogens is 187 g/mol. The van der Waals surface area contributed by atoms with E-state index in [0.717, 1.165) is 0 Å². The molecule has 1 aliphatic heterocycles. The minimum atomic E-state index is -1.14. The monoisotopic (exact) mass is 198 g/mol. The third kappa shape index (κ3) is 2.06. The van der Waals surface area contributed by atoms with E-state index < -0.39 is 8.60 Å². The Morgan fingerprint density at radius 2 is 1.69 bits per heavy atom. The van der Waals surface area contributed by atoms with Crippen LogP contribution in [0.4, 0.5) is 0 Å². The van der Waals surface area contributed by atoms with E-state index in [1.54, 1.807) is 7.11 Å². The summed E-state index contributed by atoms with van der Waals surface area (Å²) in [6.45, 7) is 1.16. The summed E-state index contributed by atoms with van der Waals surface area (Å²) in [6.07, 6.45) is 0. The zero-order valence-corrected chi connectivity index (χ0v) is 8.29. The molecule has 0 aliphatic carbocycles. The highest BCUT2D eigenvalue weighted by molar-refractivity contribution is 7.41. The molecular formula is C9H11O3P. The first kappa shape index (κ1) is 9.10. The molecule has 0 bridgehead atoms. The summed E-state index contributed by atoms with van der Waals surface area (Å²) in [5.41, 5.74) is 2.37. The molecule has 2 rings (SSSR count). The van der Waals surface area contributed by atoms with Crippen LogP contribution in [0, 0.1) is 0 Å². The summed E-state index contributed by atoms with van der Waals surface area (Å²) in [7, 11) is 0.456. The van der Waals surface area contributed by atoms with E-state index in [4.69, 9.17) is 13.6 Å². The minimum Gasteiger partial charge on any atom is -0.316 e. The first-order chi connectivity index (χ1) is 6.40. The predicted octanol–water partition coefficient (Wildman–Crippen LogP) is 2.61. The van der Waals surface area contributed by atoms with Crippen LogP contribution in [0.15, 0.2) is 24.3 Å². The molecule has 0 atom stereocenters. The van der Waals surface area contributed by atoms with E-state index >= 15 is 0 Å². The Balaban J connectivity index is 2.17. The van der Waals surface area contributed by atoms with Crippen molar-refractivity contribution in [3.05, 3.63) is 35.4 Å². The Bertz CT molecular complexity index is 263. The summed E-state index contributed by atoms with van der Waals surface area (Å²) in [4.78, 5) is 0. The van der Waals surface area contributed by atoms with Gasteiger partial charge in [0, 0.05) is 7.11 Å². The normalized spacial score (nSPS) is 17.9. The second kappa shape index (κ2) is 4.16. The molecule has 70 valence electrons. The van der Waals surface area contributed by atoms with Crippen molar-refractivity contribution in [3.8, 4) is 0 Å². The highest BCUT2D eigenvalue weighted by atomic mass is 31.2. The Morgan fingerprint density at radius 1 is 1.15 bits per heavy atom. The fraction of sp³-hybridized carbons (Fsp3) is 0.333. The van der Waals surface area contributed by atoms with Crippen LogP contribution in [-0.4, -0.2) is 7.11 Å². The van der Waals surface area contributed by atoms with Crippen LogP contribution in [0.2, 0.25) is 0 Å². The maximum absolute atomic E-state index is 5.40. The maximum atomic E-state index is 5.40. The van der Waals surface area contributed by atoms with Crippen molar-refractivity contribution in [2.75, 3.05) is 7.11 Å². The number of benzene rings is 1. The van der Waals surface area contributed by atoms with Gasteiger partial charge in [0.15, 0.2) is 0 Å². The molecule has 0 saturated carbocycles. The average Bonchev–Trinajstić information content (AvgIpc) is 2.39. The number of fused-ring (bicyclic) bond motifs is 1. The van der Waals surface area contributed by atoms with Gasteiger partial charge < -0.3 is 13.6 Å². The number of rotatable bonds is 1. The third-order valence-corrected chi connectivity index (χ3v) is 2.90. The van der Waals surface area contributed by atoms with Crippen LogP contribution >= 0.6 is 8.60 Å². The summed E-state index contributed by atoms with van der Waals surface area (Å²) < 4.78 is 15.8. The lowest BCUT2D eigenvalue weighted by Crippen LogP contribution is -1.89. The summed E-state index contributed by atoms with van der Waals surface area (Å²) in [5.74, 6) is 0. The third-order valence-electron chi connectivity index (χ3n) is 1.92. The maximum Gasteiger partial charge on any atom is 0.333 e. The van der Waals surface area contributed by atoms with Crippen molar-refractivity contribution in [1.29, 1.82) is 0 Å². The Morgan fingerprint density at radius 3 is 2.15 bits per heavy atom. The van der Waals surface area contributed by atoms with E-state index in [1.165, 1.54) is 11.1 Å². The van der Waals surface area contributed by atoms with Gasteiger partial charge in [0.25, 0.3) is 0 Å². The van der Waals surface area contributed by atoms with Crippen molar-refractivity contribution in [2.45, 2.75) is 13.2 Å². The Hall–Kier alpha value is -0.470. The zero-order chi connectivity index (χ0) is 9.10.